The average molecular weight is 396 g/mol. The topological polar surface area (TPSA) is 101 Å². The van der Waals surface area contributed by atoms with Crippen LogP contribution in [0.4, 0.5) is 0 Å². The van der Waals surface area contributed by atoms with Crippen LogP contribution in [-0.2, 0) is 14.4 Å². The molecule has 1 aromatic rings. The Morgan fingerprint density at radius 1 is 1.12 bits per heavy atom. The molecule has 0 aliphatic heterocycles. The molecule has 0 heterocycles. The van der Waals surface area contributed by atoms with Gasteiger partial charge in [0.15, 0.2) is 0 Å². The second-order valence-electron chi connectivity index (χ2n) is 5.44. The first-order valence-corrected chi connectivity index (χ1v) is 8.35. The largest absolute Gasteiger partial charge is 0.368 e. The van der Waals surface area contributed by atoms with Gasteiger partial charge >= 0.3 is 0 Å². The summed E-state index contributed by atoms with van der Waals surface area (Å²) in [7, 11) is 0. The van der Waals surface area contributed by atoms with Gasteiger partial charge in [-0.05, 0) is 17.0 Å². The quantitative estimate of drug-likeness (QED) is 0.594. The molecule has 0 saturated carbocycles. The highest BCUT2D eigenvalue weighted by atomic mass is 79.9. The zero-order chi connectivity index (χ0) is 18.1. The van der Waals surface area contributed by atoms with Crippen molar-refractivity contribution < 1.29 is 14.4 Å². The number of carbonyl (C=O) groups is 3. The Morgan fingerprint density at radius 2 is 1.67 bits per heavy atom. The first-order valence-electron chi connectivity index (χ1n) is 7.56. The van der Waals surface area contributed by atoms with E-state index in [0.717, 1.165) is 5.56 Å². The van der Waals surface area contributed by atoms with E-state index in [1.54, 1.807) is 0 Å². The summed E-state index contributed by atoms with van der Waals surface area (Å²) in [5, 5.41) is 5.33. The van der Waals surface area contributed by atoms with Crippen molar-refractivity contribution in [1.29, 1.82) is 0 Å². The van der Waals surface area contributed by atoms with E-state index in [0.29, 0.717) is 4.48 Å². The van der Waals surface area contributed by atoms with Crippen molar-refractivity contribution in [1.82, 2.24) is 10.6 Å². The van der Waals surface area contributed by atoms with Gasteiger partial charge in [-0.25, -0.2) is 0 Å². The fourth-order valence-electron chi connectivity index (χ4n) is 2.08. The van der Waals surface area contributed by atoms with Gasteiger partial charge < -0.3 is 16.4 Å². The fraction of sp³-hybridized carbons (Fsp3) is 0.353. The molecule has 4 N–H and O–H groups in total. The molecule has 0 saturated heterocycles. The first kappa shape index (κ1) is 19.9. The number of amides is 3. The molecule has 24 heavy (non-hydrogen) atoms. The standard InChI is InChI=1S/C17H22BrN3O3/c1-11(18)10-14(17(19)24)21-16(23)9-8-15(22)20-12(2)13-6-4-3-5-7-13/h3-7,12,14H,1,8-10H2,2H3,(H2,19,24)(H,20,22)(H,21,23)/t12-,14+/m1/s1. The van der Waals surface area contributed by atoms with E-state index in [-0.39, 0.29) is 31.2 Å². The van der Waals surface area contributed by atoms with E-state index in [9.17, 15) is 14.4 Å². The minimum atomic E-state index is -0.837. The summed E-state index contributed by atoms with van der Waals surface area (Å²) in [4.78, 5) is 35.1. The molecular weight excluding hydrogens is 374 g/mol. The van der Waals surface area contributed by atoms with Crippen molar-refractivity contribution in [2.45, 2.75) is 38.3 Å². The van der Waals surface area contributed by atoms with Gasteiger partial charge in [-0.2, -0.15) is 0 Å². The molecule has 1 rings (SSSR count). The lowest BCUT2D eigenvalue weighted by Gasteiger charge is -2.16. The third-order valence-electron chi connectivity index (χ3n) is 3.36. The van der Waals surface area contributed by atoms with Crippen LogP contribution in [0.15, 0.2) is 41.4 Å². The second kappa shape index (κ2) is 9.87. The number of primary amides is 1. The van der Waals surface area contributed by atoms with Crippen molar-refractivity contribution in [2.75, 3.05) is 0 Å². The van der Waals surface area contributed by atoms with Gasteiger partial charge in [-0.3, -0.25) is 14.4 Å². The molecule has 130 valence electrons. The van der Waals surface area contributed by atoms with Crippen LogP contribution in [0.2, 0.25) is 0 Å². The van der Waals surface area contributed by atoms with Gasteiger partial charge in [0.2, 0.25) is 17.7 Å². The summed E-state index contributed by atoms with van der Waals surface area (Å²) in [5.74, 6) is -1.29. The minimum Gasteiger partial charge on any atom is -0.368 e. The molecule has 2 atom stereocenters. The smallest absolute Gasteiger partial charge is 0.240 e. The van der Waals surface area contributed by atoms with Gasteiger partial charge in [0, 0.05) is 19.3 Å². The number of rotatable bonds is 9. The van der Waals surface area contributed by atoms with Crippen LogP contribution in [0, 0.1) is 0 Å². The van der Waals surface area contributed by atoms with E-state index >= 15 is 0 Å². The Hall–Kier alpha value is -2.15. The summed E-state index contributed by atoms with van der Waals surface area (Å²) in [6, 6.07) is 8.55. The second-order valence-corrected chi connectivity index (χ2v) is 6.57. The number of carbonyl (C=O) groups excluding carboxylic acids is 3. The van der Waals surface area contributed by atoms with Crippen LogP contribution in [0.1, 0.15) is 37.8 Å². The van der Waals surface area contributed by atoms with Crippen LogP contribution in [0.25, 0.3) is 0 Å². The van der Waals surface area contributed by atoms with Crippen LogP contribution in [0.3, 0.4) is 0 Å². The zero-order valence-electron chi connectivity index (χ0n) is 13.5. The number of benzene rings is 1. The highest BCUT2D eigenvalue weighted by Crippen LogP contribution is 2.12. The Kier molecular flexibility index (Phi) is 8.18. The fourth-order valence-corrected chi connectivity index (χ4v) is 2.40. The van der Waals surface area contributed by atoms with Gasteiger partial charge in [0.1, 0.15) is 6.04 Å². The maximum absolute atomic E-state index is 11.9. The molecular formula is C17H22BrN3O3. The predicted octanol–water partition coefficient (Wildman–Crippen LogP) is 1.91. The lowest BCUT2D eigenvalue weighted by Crippen LogP contribution is -2.44. The monoisotopic (exact) mass is 395 g/mol. The number of hydrogen-bond acceptors (Lipinski definition) is 3. The third kappa shape index (κ3) is 7.41. The molecule has 1 aromatic carbocycles. The van der Waals surface area contributed by atoms with Crippen LogP contribution in [0.5, 0.6) is 0 Å². The molecule has 7 heteroatoms. The predicted molar refractivity (Wildman–Crippen MR) is 96.0 cm³/mol. The van der Waals surface area contributed by atoms with Crippen molar-refractivity contribution in [3.63, 3.8) is 0 Å². The summed E-state index contributed by atoms with van der Waals surface area (Å²) >= 11 is 3.13. The maximum atomic E-state index is 11.9. The Balaban J connectivity index is 2.41. The number of nitrogens with one attached hydrogen (secondary N) is 2. The maximum Gasteiger partial charge on any atom is 0.240 e. The Morgan fingerprint density at radius 3 is 2.17 bits per heavy atom. The number of hydrogen-bond donors (Lipinski definition) is 3. The zero-order valence-corrected chi connectivity index (χ0v) is 15.1. The molecule has 0 bridgehead atoms. The molecule has 0 aromatic heterocycles. The third-order valence-corrected chi connectivity index (χ3v) is 3.68. The molecule has 3 amide bonds. The van der Waals surface area contributed by atoms with Crippen molar-refractivity contribution in [3.05, 3.63) is 47.0 Å². The van der Waals surface area contributed by atoms with Crippen molar-refractivity contribution >= 4 is 33.7 Å². The lowest BCUT2D eigenvalue weighted by molar-refractivity contribution is -0.129. The Labute approximate surface area is 150 Å². The molecule has 0 fully saturated rings. The van der Waals surface area contributed by atoms with Crippen LogP contribution in [-0.4, -0.2) is 23.8 Å². The minimum absolute atomic E-state index is 0.0219. The molecule has 6 nitrogen and oxygen atoms in total. The van der Waals surface area contributed by atoms with E-state index in [2.05, 4.69) is 33.1 Å². The number of nitrogens with two attached hydrogens (primary N) is 1. The normalized spacial score (nSPS) is 12.8. The summed E-state index contributed by atoms with van der Waals surface area (Å²) in [6.45, 7) is 5.49. The van der Waals surface area contributed by atoms with Gasteiger partial charge in [-0.1, -0.05) is 52.8 Å². The SMILES string of the molecule is C=C(Br)C[C@H](NC(=O)CCC(=O)N[C@H](C)c1ccccc1)C(N)=O. The Bertz CT molecular complexity index is 604. The van der Waals surface area contributed by atoms with E-state index < -0.39 is 17.9 Å². The van der Waals surface area contributed by atoms with E-state index in [1.165, 1.54) is 0 Å². The van der Waals surface area contributed by atoms with Crippen molar-refractivity contribution in [3.8, 4) is 0 Å². The summed E-state index contributed by atoms with van der Waals surface area (Å²) < 4.78 is 0.557. The van der Waals surface area contributed by atoms with E-state index in [1.807, 2.05) is 37.3 Å². The summed E-state index contributed by atoms with van der Waals surface area (Å²) in [6.07, 6.45) is 0.216. The van der Waals surface area contributed by atoms with Gasteiger partial charge in [0.05, 0.1) is 6.04 Å². The molecule has 0 aliphatic carbocycles. The first-order chi connectivity index (χ1) is 11.3. The molecule has 0 spiro atoms. The average Bonchev–Trinajstić information content (AvgIpc) is 2.52. The van der Waals surface area contributed by atoms with Crippen LogP contribution >= 0.6 is 15.9 Å². The highest BCUT2D eigenvalue weighted by molar-refractivity contribution is 9.11. The van der Waals surface area contributed by atoms with Crippen molar-refractivity contribution in [2.24, 2.45) is 5.73 Å². The van der Waals surface area contributed by atoms with Gasteiger partial charge in [0.25, 0.3) is 0 Å². The molecule has 0 unspecified atom stereocenters. The molecule has 0 radical (unpaired) electrons. The summed E-state index contributed by atoms with van der Waals surface area (Å²) in [5.41, 5.74) is 6.21. The van der Waals surface area contributed by atoms with Crippen LogP contribution < -0.4 is 16.4 Å². The molecule has 0 aliphatic rings. The van der Waals surface area contributed by atoms with E-state index in [4.69, 9.17) is 5.73 Å². The number of halogens is 1. The lowest BCUT2D eigenvalue weighted by atomic mass is 10.1. The van der Waals surface area contributed by atoms with Gasteiger partial charge in [-0.15, -0.1) is 0 Å². The highest BCUT2D eigenvalue weighted by Gasteiger charge is 2.19.